The van der Waals surface area contributed by atoms with Crippen molar-refractivity contribution in [1.82, 2.24) is 73.1 Å². The third-order valence-electron chi connectivity index (χ3n) is 13.5. The highest BCUT2D eigenvalue weighted by molar-refractivity contribution is 5.99. The minimum atomic E-state index is -1.82. The Morgan fingerprint density at radius 2 is 0.955 bits per heavy atom. The molecule has 0 saturated heterocycles. The second kappa shape index (κ2) is 37.2. The fourth-order valence-corrected chi connectivity index (χ4v) is 8.53. The Bertz CT molecular complexity index is 2870. The Kier molecular flexibility index (Phi) is 30.8. The number of hydrogen-bond acceptors (Lipinski definition) is 18. The van der Waals surface area contributed by atoms with Gasteiger partial charge in [-0.05, 0) is 56.9 Å². The minimum absolute atomic E-state index is 0.0101. The first kappa shape index (κ1) is 73.7. The van der Waals surface area contributed by atoms with Crippen molar-refractivity contribution in [2.45, 2.75) is 159 Å². The van der Waals surface area contributed by atoms with Crippen LogP contribution >= 0.6 is 0 Å². The number of primary amides is 2. The molecule has 12 amide bonds. The maximum absolute atomic E-state index is 14.2. The lowest BCUT2D eigenvalue weighted by atomic mass is 9.99. The van der Waals surface area contributed by atoms with Crippen LogP contribution < -0.4 is 81.8 Å². The van der Waals surface area contributed by atoms with Crippen molar-refractivity contribution in [3.8, 4) is 0 Å². The summed E-state index contributed by atoms with van der Waals surface area (Å²) in [5.41, 5.74) is 28.6. The van der Waals surface area contributed by atoms with E-state index in [1.165, 1.54) is 38.9 Å². The Morgan fingerprint density at radius 1 is 0.506 bits per heavy atom. The summed E-state index contributed by atoms with van der Waals surface area (Å²) in [6.45, 7) is 7.65. The Labute approximate surface area is 513 Å². The molecule has 0 aliphatic heterocycles. The summed E-state index contributed by atoms with van der Waals surface area (Å²) in [7, 11) is 0. The van der Waals surface area contributed by atoms with Crippen molar-refractivity contribution in [2.75, 3.05) is 19.8 Å². The molecule has 0 bridgehead atoms. The molecule has 3 rings (SSSR count). The molecule has 3 aromatic rings. The lowest BCUT2D eigenvalue weighted by molar-refractivity contribution is -0.137. The van der Waals surface area contributed by atoms with Crippen LogP contribution in [0.3, 0.4) is 0 Å². The number of aromatic nitrogens is 4. The number of carbonyl (C=O) groups excluding carboxylic acids is 12. The molecule has 0 fully saturated rings. The van der Waals surface area contributed by atoms with Gasteiger partial charge in [0.05, 0.1) is 25.9 Å². The first-order valence-corrected chi connectivity index (χ1v) is 28.7. The van der Waals surface area contributed by atoms with Crippen LogP contribution in [0.2, 0.25) is 0 Å². The molecule has 0 aliphatic carbocycles. The predicted octanol–water partition coefficient (Wildman–Crippen LogP) is -7.13. The van der Waals surface area contributed by atoms with E-state index < -0.39 is 169 Å². The van der Waals surface area contributed by atoms with E-state index in [1.807, 2.05) is 0 Å². The molecule has 2 aromatic heterocycles. The second-order valence-electron chi connectivity index (χ2n) is 21.8. The van der Waals surface area contributed by atoms with Gasteiger partial charge in [-0.1, -0.05) is 58.0 Å². The van der Waals surface area contributed by atoms with E-state index in [0.717, 1.165) is 0 Å². The summed E-state index contributed by atoms with van der Waals surface area (Å²) < 4.78 is 0. The maximum Gasteiger partial charge on any atom is 0.245 e. The van der Waals surface area contributed by atoms with Gasteiger partial charge in [0.25, 0.3) is 0 Å². The minimum Gasteiger partial charge on any atom is -0.394 e. The highest BCUT2D eigenvalue weighted by Gasteiger charge is 2.36. The fraction of sp³-hybridized carbons (Fsp3) is 0.545. The number of carbonyl (C=O) groups is 12. The monoisotopic (exact) mass is 1250 g/mol. The quantitative estimate of drug-likeness (QED) is 0.0143. The van der Waals surface area contributed by atoms with Gasteiger partial charge in [-0.2, -0.15) is 0 Å². The van der Waals surface area contributed by atoms with Crippen molar-refractivity contribution < 1.29 is 67.7 Å². The topological polar surface area (TPSA) is 565 Å². The van der Waals surface area contributed by atoms with Crippen LogP contribution in [-0.2, 0) is 76.8 Å². The standard InChI is InChI=1S/C55H86N20O14/c1-27(2)17-37(49(84)66-30(6)46(81)70-38(18-31-11-8-7-9-12-31)50(85)67-29(5)45(80)68-35(44(58)79)13-10-16-63-55(59)60)73-54(89)43(28(3)4)75-48(83)36(14-15-42(57)78)69-53(88)41(24-77)74-52(87)40(20-33-22-62-26-65-33)72-51(86)39(19-32-21-61-25-64-32)71-47(82)34(56)23-76/h7-9,11-12,21-22,25-30,34-41,43,76-77H,10,13-20,23-24,56H2,1-6H3,(H2,57,78)(H2,58,79)(H,61,64)(H,62,65)(H,66,84)(H,67,85)(H,68,80)(H,69,88)(H,70,81)(H,71,82)(H,72,86)(H,73,89)(H,74,87)(H,75,83)(H4,59,60,63)/t29-,30-,34-,35-,36-,37-,38-,39-,40-,41-,43-/m0/s1. The number of benzene rings is 1. The molecule has 0 aliphatic rings. The number of nitrogens with one attached hydrogen (secondary N) is 12. The zero-order valence-electron chi connectivity index (χ0n) is 50.5. The molecule has 0 saturated carbocycles. The number of imidazole rings is 2. The number of aliphatic hydroxyl groups excluding tert-OH is 2. The molecule has 34 nitrogen and oxygen atoms in total. The van der Waals surface area contributed by atoms with Gasteiger partial charge < -0.3 is 102 Å². The molecular formula is C55H86N20O14. The SMILES string of the molecule is CC(C)C[C@H](NC(=O)[C@@H](NC(=O)[C@H](CCC(N)=O)NC(=O)[C@H](CO)NC(=O)[C@H](Cc1cnc[nH]1)NC(=O)[C@H](Cc1cnc[nH]1)NC(=O)[C@@H](N)CO)C(C)C)C(=O)N[C@@H](C)C(=O)N[C@@H](Cc1ccccc1)C(=O)N[C@@H](C)C(=O)N[C@@H](CCCN=C(N)N)C(N)=O. The molecule has 1 aromatic carbocycles. The average molecular weight is 1250 g/mol. The van der Waals surface area contributed by atoms with Gasteiger partial charge in [-0.3, -0.25) is 62.5 Å². The fourth-order valence-electron chi connectivity index (χ4n) is 8.53. The van der Waals surface area contributed by atoms with Crippen molar-refractivity contribution in [3.05, 3.63) is 72.3 Å². The van der Waals surface area contributed by atoms with E-state index in [0.29, 0.717) is 17.0 Å². The smallest absolute Gasteiger partial charge is 0.245 e. The summed E-state index contributed by atoms with van der Waals surface area (Å²) in [5.74, 6) is -12.0. The van der Waals surface area contributed by atoms with Crippen LogP contribution in [0.5, 0.6) is 0 Å². The predicted molar refractivity (Wildman–Crippen MR) is 319 cm³/mol. The van der Waals surface area contributed by atoms with Crippen LogP contribution in [0.1, 0.15) is 90.6 Å². The van der Waals surface area contributed by atoms with Gasteiger partial charge >= 0.3 is 0 Å². The normalized spacial score (nSPS) is 14.8. The summed E-state index contributed by atoms with van der Waals surface area (Å²) >= 11 is 0. The average Bonchev–Trinajstić information content (AvgIpc) is 3.10. The number of guanidine groups is 1. The molecule has 2 heterocycles. The van der Waals surface area contributed by atoms with Gasteiger partial charge in [0.1, 0.15) is 66.5 Å². The molecule has 89 heavy (non-hydrogen) atoms. The highest BCUT2D eigenvalue weighted by Crippen LogP contribution is 2.12. The van der Waals surface area contributed by atoms with Crippen LogP contribution in [0.4, 0.5) is 0 Å². The van der Waals surface area contributed by atoms with E-state index in [-0.39, 0.29) is 56.9 Å². The number of H-pyrrole nitrogens is 2. The van der Waals surface area contributed by atoms with Crippen LogP contribution in [0.25, 0.3) is 0 Å². The number of aliphatic hydroxyl groups is 2. The van der Waals surface area contributed by atoms with Crippen molar-refractivity contribution in [2.24, 2.45) is 45.5 Å². The third kappa shape index (κ3) is 26.1. The number of hydrogen-bond donors (Lipinski definition) is 19. The molecule has 11 atom stereocenters. The lowest BCUT2D eigenvalue weighted by Crippen LogP contribution is -2.62. The second-order valence-corrected chi connectivity index (χ2v) is 21.8. The summed E-state index contributed by atoms with van der Waals surface area (Å²) in [4.78, 5) is 179. The van der Waals surface area contributed by atoms with E-state index in [2.05, 4.69) is 78.1 Å². The number of amides is 12. The molecule has 24 N–H and O–H groups in total. The summed E-state index contributed by atoms with van der Waals surface area (Å²) in [6.07, 6.45) is 4.28. The highest BCUT2D eigenvalue weighted by atomic mass is 16.3. The molecule has 0 radical (unpaired) electrons. The Hall–Kier alpha value is -9.57. The van der Waals surface area contributed by atoms with Gasteiger partial charge in [0.15, 0.2) is 5.96 Å². The number of nitrogens with zero attached hydrogens (tertiary/aromatic N) is 3. The molecular weight excluding hydrogens is 1160 g/mol. The van der Waals surface area contributed by atoms with Crippen molar-refractivity contribution in [1.29, 1.82) is 0 Å². The number of aliphatic imine (C=N–C) groups is 1. The van der Waals surface area contributed by atoms with Gasteiger partial charge in [-0.15, -0.1) is 0 Å². The van der Waals surface area contributed by atoms with Gasteiger partial charge in [0, 0.05) is 56.0 Å². The van der Waals surface area contributed by atoms with Crippen LogP contribution in [0.15, 0.2) is 60.4 Å². The van der Waals surface area contributed by atoms with Crippen LogP contribution in [0, 0.1) is 11.8 Å². The van der Waals surface area contributed by atoms with Crippen LogP contribution in [-0.4, -0.2) is 193 Å². The molecule has 34 heteroatoms. The zero-order valence-corrected chi connectivity index (χ0v) is 50.5. The number of nitrogens with two attached hydrogens (primary N) is 5. The molecule has 0 unspecified atom stereocenters. The van der Waals surface area contributed by atoms with E-state index >= 15 is 0 Å². The first-order chi connectivity index (χ1) is 42.0. The largest absolute Gasteiger partial charge is 0.394 e. The van der Waals surface area contributed by atoms with Crippen molar-refractivity contribution >= 4 is 76.8 Å². The first-order valence-electron chi connectivity index (χ1n) is 28.7. The molecule has 0 spiro atoms. The maximum atomic E-state index is 14.2. The van der Waals surface area contributed by atoms with E-state index in [1.54, 1.807) is 58.0 Å². The van der Waals surface area contributed by atoms with Crippen molar-refractivity contribution in [3.63, 3.8) is 0 Å². The van der Waals surface area contributed by atoms with Gasteiger partial charge in [-0.25, -0.2) is 9.97 Å². The number of rotatable bonds is 39. The summed E-state index contributed by atoms with van der Waals surface area (Å²) in [6, 6.07) is -7.03. The van der Waals surface area contributed by atoms with Gasteiger partial charge in [0.2, 0.25) is 70.9 Å². The zero-order chi connectivity index (χ0) is 66.5. The Balaban J connectivity index is 1.78. The van der Waals surface area contributed by atoms with E-state index in [4.69, 9.17) is 28.7 Å². The van der Waals surface area contributed by atoms with E-state index in [9.17, 15) is 67.7 Å². The molecule has 490 valence electrons. The summed E-state index contributed by atoms with van der Waals surface area (Å²) in [5, 5.41) is 44.9. The lowest BCUT2D eigenvalue weighted by Gasteiger charge is -2.29. The Morgan fingerprint density at radius 3 is 1.43 bits per heavy atom. The third-order valence-corrected chi connectivity index (χ3v) is 13.5. The number of aromatic amines is 2.